The fourth-order valence-electron chi connectivity index (χ4n) is 5.81. The zero-order valence-electron chi connectivity index (χ0n) is 29.4. The van der Waals surface area contributed by atoms with E-state index in [9.17, 15) is 60.2 Å². The Bertz CT molecular complexity index is 1030. The number of hydrogen-bond donors (Lipinski definition) is 10. The molecule has 300 valence electrons. The first-order chi connectivity index (χ1) is 24.2. The van der Waals surface area contributed by atoms with Crippen LogP contribution in [0.2, 0.25) is 0 Å². The van der Waals surface area contributed by atoms with Crippen LogP contribution >= 0.6 is 7.82 Å². The highest BCUT2D eigenvalue weighted by Gasteiger charge is 2.55. The number of esters is 1. The molecule has 0 aromatic heterocycles. The highest BCUT2D eigenvalue weighted by Crippen LogP contribution is 2.47. The van der Waals surface area contributed by atoms with E-state index in [0.717, 1.165) is 38.5 Å². The van der Waals surface area contributed by atoms with Gasteiger partial charge >= 0.3 is 13.8 Å². The minimum atomic E-state index is -5.25. The number of hydrogen-bond acceptors (Lipinski definition) is 16. The molecule has 6 unspecified atom stereocenters. The molecule has 2 fully saturated rings. The van der Waals surface area contributed by atoms with Gasteiger partial charge in [0.25, 0.3) is 0 Å². The van der Waals surface area contributed by atoms with Crippen molar-refractivity contribution < 1.29 is 83.5 Å². The van der Waals surface area contributed by atoms with E-state index in [1.54, 1.807) is 0 Å². The normalized spacial score (nSPS) is 33.3. The van der Waals surface area contributed by atoms with Crippen molar-refractivity contribution in [2.24, 2.45) is 0 Å². The molecule has 0 bridgehead atoms. The van der Waals surface area contributed by atoms with Crippen molar-refractivity contribution in [1.82, 2.24) is 0 Å². The summed E-state index contributed by atoms with van der Waals surface area (Å²) in [5.74, 6) is -0.574. The summed E-state index contributed by atoms with van der Waals surface area (Å²) in [5.41, 5.74) is 0. The molecule has 10 N–H and O–H groups in total. The highest BCUT2D eigenvalue weighted by atomic mass is 31.2. The average Bonchev–Trinajstić information content (AvgIpc) is 3.11. The van der Waals surface area contributed by atoms with Gasteiger partial charge in [-0.05, 0) is 32.1 Å². The third-order valence-corrected chi connectivity index (χ3v) is 9.94. The Hall–Kier alpha value is -1.12. The number of carbonyl (C=O) groups excluding carboxylic acids is 1. The van der Waals surface area contributed by atoms with Gasteiger partial charge < -0.3 is 65.1 Å². The second-order valence-electron chi connectivity index (χ2n) is 13.3. The summed E-state index contributed by atoms with van der Waals surface area (Å²) in [7, 11) is -5.25. The fourth-order valence-corrected chi connectivity index (χ4v) is 6.78. The lowest BCUT2D eigenvalue weighted by Crippen LogP contribution is -2.67. The molecule has 0 aromatic rings. The van der Waals surface area contributed by atoms with Crippen LogP contribution in [0.15, 0.2) is 12.2 Å². The maximum absolute atomic E-state index is 12.7. The number of phosphoric acid groups is 1. The molecule has 18 heteroatoms. The summed E-state index contributed by atoms with van der Waals surface area (Å²) in [6.07, 6.45) is -4.25. The van der Waals surface area contributed by atoms with Gasteiger partial charge in [-0.3, -0.25) is 13.8 Å². The van der Waals surface area contributed by atoms with E-state index in [1.165, 1.54) is 38.5 Å². The molecule has 1 aliphatic heterocycles. The van der Waals surface area contributed by atoms with E-state index in [1.807, 2.05) is 0 Å². The molecule has 1 saturated heterocycles. The maximum Gasteiger partial charge on any atom is 0.472 e. The predicted octanol–water partition coefficient (Wildman–Crippen LogP) is 0.0725. The largest absolute Gasteiger partial charge is 0.472 e. The summed E-state index contributed by atoms with van der Waals surface area (Å²) in [5, 5.41) is 91.2. The molecule has 1 aliphatic carbocycles. The number of carbonyl (C=O) groups is 1. The van der Waals surface area contributed by atoms with Gasteiger partial charge in [0.15, 0.2) is 6.29 Å². The van der Waals surface area contributed by atoms with Crippen molar-refractivity contribution in [3.8, 4) is 0 Å². The molecule has 0 radical (unpaired) electrons. The average molecular weight is 761 g/mol. The molecule has 1 saturated carbocycles. The topological polar surface area (TPSA) is 283 Å². The summed E-state index contributed by atoms with van der Waals surface area (Å²) in [6.45, 7) is -0.0741. The van der Waals surface area contributed by atoms with E-state index in [0.29, 0.717) is 6.42 Å². The Morgan fingerprint density at radius 2 is 1.25 bits per heavy atom. The number of allylic oxidation sites excluding steroid dienone is 2. The first-order valence-corrected chi connectivity index (χ1v) is 19.6. The van der Waals surface area contributed by atoms with Crippen molar-refractivity contribution in [2.45, 2.75) is 170 Å². The number of aliphatic hydroxyl groups is 9. The van der Waals surface area contributed by atoms with Crippen LogP contribution < -0.4 is 0 Å². The van der Waals surface area contributed by atoms with Crippen LogP contribution in [0.5, 0.6) is 0 Å². The van der Waals surface area contributed by atoms with Gasteiger partial charge in [-0.25, -0.2) is 4.57 Å². The van der Waals surface area contributed by atoms with E-state index < -0.39 is 107 Å². The molecule has 17 nitrogen and oxygen atoms in total. The van der Waals surface area contributed by atoms with E-state index in [-0.39, 0.29) is 6.42 Å². The molecule has 0 spiro atoms. The number of phosphoric ester groups is 1. The van der Waals surface area contributed by atoms with Crippen LogP contribution in [0.4, 0.5) is 0 Å². The minimum absolute atomic E-state index is 0.124. The summed E-state index contributed by atoms with van der Waals surface area (Å²) >= 11 is 0. The van der Waals surface area contributed by atoms with Gasteiger partial charge in [-0.15, -0.1) is 0 Å². The van der Waals surface area contributed by atoms with Crippen LogP contribution in [-0.4, -0.2) is 150 Å². The highest BCUT2D eigenvalue weighted by molar-refractivity contribution is 7.47. The number of rotatable bonds is 25. The zero-order chi connectivity index (χ0) is 38.0. The first-order valence-electron chi connectivity index (χ1n) is 18.1. The third-order valence-electron chi connectivity index (χ3n) is 8.95. The Balaban J connectivity index is 1.71. The lowest BCUT2D eigenvalue weighted by atomic mass is 9.84. The van der Waals surface area contributed by atoms with E-state index >= 15 is 0 Å². The lowest BCUT2D eigenvalue weighted by molar-refractivity contribution is -0.338. The summed E-state index contributed by atoms with van der Waals surface area (Å²) in [6, 6.07) is 0. The number of ether oxygens (including phenoxy) is 3. The third kappa shape index (κ3) is 16.0. The van der Waals surface area contributed by atoms with Gasteiger partial charge in [0.05, 0.1) is 13.2 Å². The molecule has 0 aromatic carbocycles. The molecule has 51 heavy (non-hydrogen) atoms. The molecule has 2 rings (SSSR count). The maximum atomic E-state index is 12.7. The Morgan fingerprint density at radius 1 is 0.725 bits per heavy atom. The van der Waals surface area contributed by atoms with Crippen LogP contribution in [0.1, 0.15) is 96.8 Å². The number of unbranched alkanes of at least 4 members (excludes halogenated alkanes) is 11. The molecular formula is C33H61O17P. The molecular weight excluding hydrogens is 699 g/mol. The van der Waals surface area contributed by atoms with Crippen LogP contribution in [0.25, 0.3) is 0 Å². The molecule has 0 amide bonds. The summed E-state index contributed by atoms with van der Waals surface area (Å²) in [4.78, 5) is 22.4. The second kappa shape index (κ2) is 24.3. The van der Waals surface area contributed by atoms with Gasteiger partial charge in [0.1, 0.15) is 73.8 Å². The van der Waals surface area contributed by atoms with Crippen LogP contribution in [0, 0.1) is 0 Å². The van der Waals surface area contributed by atoms with Crippen LogP contribution in [-0.2, 0) is 32.6 Å². The van der Waals surface area contributed by atoms with Crippen molar-refractivity contribution in [2.75, 3.05) is 19.8 Å². The van der Waals surface area contributed by atoms with Gasteiger partial charge in [-0.1, -0.05) is 70.4 Å². The van der Waals surface area contributed by atoms with Gasteiger partial charge in [-0.2, -0.15) is 0 Å². The predicted molar refractivity (Wildman–Crippen MR) is 180 cm³/mol. The van der Waals surface area contributed by atoms with Gasteiger partial charge in [0, 0.05) is 6.42 Å². The minimum Gasteiger partial charge on any atom is -0.463 e. The Kier molecular flexibility index (Phi) is 22.0. The summed E-state index contributed by atoms with van der Waals surface area (Å²) < 4.78 is 38.0. The Morgan fingerprint density at radius 3 is 1.84 bits per heavy atom. The fraction of sp³-hybridized carbons (Fsp3) is 0.909. The van der Waals surface area contributed by atoms with Crippen LogP contribution in [0.3, 0.4) is 0 Å². The first kappa shape index (κ1) is 46.0. The van der Waals surface area contributed by atoms with Crippen molar-refractivity contribution in [1.29, 1.82) is 0 Å². The monoisotopic (exact) mass is 760 g/mol. The van der Waals surface area contributed by atoms with E-state index in [4.69, 9.17) is 23.3 Å². The van der Waals surface area contributed by atoms with E-state index in [2.05, 4.69) is 19.1 Å². The quantitative estimate of drug-likeness (QED) is 0.0255. The Labute approximate surface area is 299 Å². The molecule has 13 atom stereocenters. The van der Waals surface area contributed by atoms with Crippen molar-refractivity contribution in [3.63, 3.8) is 0 Å². The standard InChI is InChI=1S/C33H61O17P/c1-2-3-4-5-6-7-8-9-10-11-12-13-14-15-16-17-23(36)46-19-21(35)20-47-51(44,45)50-32-29(42)27(40)26(39)28(41)31(32)49-33-30(43)25(38)24(37)22(18-34)48-33/h9-10,21-22,24-35,37-43H,2-8,11-20H2,1H3,(H,44,45)/b10-9-/t21-,22?,24-,25?,26-,27?,28?,29?,30-,31-,32-,33-/m1/s1. The van der Waals surface area contributed by atoms with Crippen molar-refractivity contribution >= 4 is 13.8 Å². The SMILES string of the molecule is CCCCCCCC/C=C\CCCCCCCC(=O)OC[C@@H](O)COP(=O)(O)O[C@@H]1C(O)C(O)[C@@H](O)C(O)[C@H]1O[C@H]1OC(CO)[C@@H](O)C(O)[C@H]1O. The molecule has 1 heterocycles. The lowest BCUT2D eigenvalue weighted by Gasteiger charge is -2.47. The van der Waals surface area contributed by atoms with Gasteiger partial charge in [0.2, 0.25) is 0 Å². The number of aliphatic hydroxyl groups excluding tert-OH is 9. The molecule has 2 aliphatic rings. The second-order valence-corrected chi connectivity index (χ2v) is 14.7. The zero-order valence-corrected chi connectivity index (χ0v) is 30.3. The smallest absolute Gasteiger partial charge is 0.463 e. The van der Waals surface area contributed by atoms with Crippen molar-refractivity contribution in [3.05, 3.63) is 12.2 Å².